The van der Waals surface area contributed by atoms with E-state index in [0.717, 1.165) is 25.5 Å². The highest BCUT2D eigenvalue weighted by molar-refractivity contribution is 14.0. The van der Waals surface area contributed by atoms with Crippen molar-refractivity contribution >= 4 is 41.3 Å². The molecular formula is C13H24IN3S. The van der Waals surface area contributed by atoms with E-state index in [1.807, 2.05) is 18.3 Å². The first-order chi connectivity index (χ1) is 8.15. The molecule has 0 spiro atoms. The Hall–Kier alpha value is -0.300. The summed E-state index contributed by atoms with van der Waals surface area (Å²) in [4.78, 5) is 7.20. The maximum absolute atomic E-state index is 4.40. The zero-order valence-corrected chi connectivity index (χ0v) is 14.8. The Morgan fingerprint density at radius 2 is 2.11 bits per heavy atom. The third-order valence-corrected chi connectivity index (χ3v) is 3.37. The van der Waals surface area contributed by atoms with Gasteiger partial charge < -0.3 is 10.6 Å². The summed E-state index contributed by atoms with van der Waals surface area (Å²) in [6.45, 7) is 10.2. The first kappa shape index (κ1) is 17.7. The van der Waals surface area contributed by atoms with Gasteiger partial charge in [-0.2, -0.15) is 0 Å². The Morgan fingerprint density at radius 1 is 1.39 bits per heavy atom. The molecule has 1 rings (SSSR count). The van der Waals surface area contributed by atoms with Gasteiger partial charge in [0.05, 0.1) is 0 Å². The van der Waals surface area contributed by atoms with Crippen molar-refractivity contribution in [2.75, 3.05) is 13.1 Å². The number of thiophene rings is 1. The molecule has 1 unspecified atom stereocenters. The lowest BCUT2D eigenvalue weighted by Gasteiger charge is -2.16. The second-order valence-corrected chi connectivity index (χ2v) is 5.49. The molecule has 0 bridgehead atoms. The molecule has 0 aromatic carbocycles. The van der Waals surface area contributed by atoms with E-state index in [9.17, 15) is 0 Å². The van der Waals surface area contributed by atoms with Gasteiger partial charge in [0, 0.05) is 35.3 Å². The molecule has 1 heterocycles. The number of aryl methyl sites for hydroxylation is 1. The van der Waals surface area contributed by atoms with Crippen LogP contribution in [0, 0.1) is 6.92 Å². The predicted octanol–water partition coefficient (Wildman–Crippen LogP) is 3.18. The standard InChI is InChI=1S/C13H23N3S.HI/c1-5-14-13(15-6-2)16-10(3)9-12-8-7-11(4)17-12;/h7-8,10H,5-6,9H2,1-4H3,(H2,14,15,16);1H. The molecule has 5 heteroatoms. The minimum atomic E-state index is 0. The summed E-state index contributed by atoms with van der Waals surface area (Å²) in [5.74, 6) is 0.913. The minimum absolute atomic E-state index is 0. The van der Waals surface area contributed by atoms with Crippen molar-refractivity contribution in [1.29, 1.82) is 0 Å². The molecular weight excluding hydrogens is 357 g/mol. The van der Waals surface area contributed by atoms with Gasteiger partial charge in [0.1, 0.15) is 0 Å². The Bertz CT molecular complexity index is 363. The van der Waals surface area contributed by atoms with Crippen LogP contribution in [0.1, 0.15) is 30.5 Å². The van der Waals surface area contributed by atoms with Crippen LogP contribution in [-0.4, -0.2) is 25.1 Å². The van der Waals surface area contributed by atoms with E-state index >= 15 is 0 Å². The maximum Gasteiger partial charge on any atom is 0.191 e. The van der Waals surface area contributed by atoms with Crippen LogP contribution in [0.2, 0.25) is 0 Å². The summed E-state index contributed by atoms with van der Waals surface area (Å²) in [5.41, 5.74) is 0. The van der Waals surface area contributed by atoms with E-state index < -0.39 is 0 Å². The summed E-state index contributed by atoms with van der Waals surface area (Å²) < 4.78 is 0. The molecule has 1 aromatic heterocycles. The zero-order valence-electron chi connectivity index (χ0n) is 11.6. The first-order valence-corrected chi connectivity index (χ1v) is 7.07. The number of aliphatic imine (C=N–C) groups is 1. The van der Waals surface area contributed by atoms with Crippen LogP contribution in [-0.2, 0) is 6.42 Å². The Balaban J connectivity index is 0.00000289. The number of rotatable bonds is 5. The van der Waals surface area contributed by atoms with Crippen molar-refractivity contribution in [2.24, 2.45) is 4.99 Å². The van der Waals surface area contributed by atoms with Gasteiger partial charge in [-0.15, -0.1) is 35.3 Å². The first-order valence-electron chi connectivity index (χ1n) is 6.25. The third kappa shape index (κ3) is 6.58. The lowest BCUT2D eigenvalue weighted by atomic mass is 10.2. The van der Waals surface area contributed by atoms with Crippen molar-refractivity contribution in [1.82, 2.24) is 10.6 Å². The van der Waals surface area contributed by atoms with E-state index in [2.05, 4.69) is 48.5 Å². The summed E-state index contributed by atoms with van der Waals surface area (Å²) in [6.07, 6.45) is 1.05. The number of guanidine groups is 1. The van der Waals surface area contributed by atoms with Gasteiger partial charge in [0.15, 0.2) is 5.96 Å². The number of halogens is 1. The van der Waals surface area contributed by atoms with E-state index in [4.69, 9.17) is 0 Å². The summed E-state index contributed by atoms with van der Waals surface area (Å²) in [6, 6.07) is 4.79. The smallest absolute Gasteiger partial charge is 0.191 e. The van der Waals surface area contributed by atoms with Crippen molar-refractivity contribution in [3.63, 3.8) is 0 Å². The van der Waals surface area contributed by atoms with Crippen molar-refractivity contribution in [3.05, 3.63) is 21.9 Å². The van der Waals surface area contributed by atoms with Gasteiger partial charge in [-0.25, -0.2) is 0 Å². The van der Waals surface area contributed by atoms with Crippen LogP contribution < -0.4 is 10.6 Å². The molecule has 104 valence electrons. The summed E-state index contributed by atoms with van der Waals surface area (Å²) in [5, 5.41) is 6.67. The van der Waals surface area contributed by atoms with Gasteiger partial charge in [0.25, 0.3) is 0 Å². The molecule has 18 heavy (non-hydrogen) atoms. The molecule has 1 atom stereocenters. The number of hydrogen-bond acceptors (Lipinski definition) is 2. The fourth-order valence-corrected chi connectivity index (χ4v) is 2.68. The summed E-state index contributed by atoms with van der Waals surface area (Å²) in [7, 11) is 0. The van der Waals surface area contributed by atoms with Crippen LogP contribution in [0.4, 0.5) is 0 Å². The zero-order chi connectivity index (χ0) is 12.7. The molecule has 0 aliphatic rings. The van der Waals surface area contributed by atoms with E-state index in [0.29, 0.717) is 6.04 Å². The van der Waals surface area contributed by atoms with Gasteiger partial charge >= 0.3 is 0 Å². The number of nitrogens with zero attached hydrogens (tertiary/aromatic N) is 1. The monoisotopic (exact) mass is 381 g/mol. The Labute approximate surface area is 131 Å². The third-order valence-electron chi connectivity index (χ3n) is 2.35. The highest BCUT2D eigenvalue weighted by Crippen LogP contribution is 2.16. The van der Waals surface area contributed by atoms with Crippen LogP contribution in [0.15, 0.2) is 17.1 Å². The van der Waals surface area contributed by atoms with Crippen LogP contribution in [0.25, 0.3) is 0 Å². The van der Waals surface area contributed by atoms with E-state index in [1.54, 1.807) is 0 Å². The SMILES string of the molecule is CCN=C(NCC)NC(C)Cc1ccc(C)s1.I. The predicted molar refractivity (Wildman–Crippen MR) is 92.4 cm³/mol. The molecule has 0 saturated heterocycles. The van der Waals surface area contributed by atoms with Crippen molar-refractivity contribution in [2.45, 2.75) is 40.2 Å². The molecule has 0 amide bonds. The lowest BCUT2D eigenvalue weighted by molar-refractivity contribution is 0.646. The van der Waals surface area contributed by atoms with Gasteiger partial charge in [-0.05, 0) is 39.8 Å². The molecule has 1 aromatic rings. The number of nitrogens with one attached hydrogen (secondary N) is 2. The normalized spacial score (nSPS) is 12.8. The van der Waals surface area contributed by atoms with Gasteiger partial charge in [0.2, 0.25) is 0 Å². The Kier molecular flexibility index (Phi) is 9.45. The highest BCUT2D eigenvalue weighted by Gasteiger charge is 2.07. The van der Waals surface area contributed by atoms with Gasteiger partial charge in [-0.1, -0.05) is 0 Å². The van der Waals surface area contributed by atoms with Crippen molar-refractivity contribution < 1.29 is 0 Å². The van der Waals surface area contributed by atoms with Crippen LogP contribution in [0.5, 0.6) is 0 Å². The highest BCUT2D eigenvalue weighted by atomic mass is 127. The van der Waals surface area contributed by atoms with Crippen LogP contribution >= 0.6 is 35.3 Å². The average Bonchev–Trinajstić information content (AvgIpc) is 2.64. The second kappa shape index (κ2) is 9.61. The molecule has 0 saturated carbocycles. The average molecular weight is 381 g/mol. The molecule has 3 nitrogen and oxygen atoms in total. The van der Waals surface area contributed by atoms with E-state index in [-0.39, 0.29) is 24.0 Å². The van der Waals surface area contributed by atoms with Gasteiger partial charge in [-0.3, -0.25) is 4.99 Å². The molecule has 0 aliphatic heterocycles. The molecule has 0 aliphatic carbocycles. The molecule has 2 N–H and O–H groups in total. The fraction of sp³-hybridized carbons (Fsp3) is 0.615. The minimum Gasteiger partial charge on any atom is -0.357 e. The maximum atomic E-state index is 4.40. The lowest BCUT2D eigenvalue weighted by Crippen LogP contribution is -2.43. The molecule has 0 radical (unpaired) electrons. The summed E-state index contributed by atoms with van der Waals surface area (Å²) >= 11 is 1.87. The topological polar surface area (TPSA) is 36.4 Å². The van der Waals surface area contributed by atoms with Crippen LogP contribution in [0.3, 0.4) is 0 Å². The largest absolute Gasteiger partial charge is 0.357 e. The second-order valence-electron chi connectivity index (χ2n) is 4.12. The molecule has 0 fully saturated rings. The van der Waals surface area contributed by atoms with Crippen molar-refractivity contribution in [3.8, 4) is 0 Å². The fourth-order valence-electron chi connectivity index (χ4n) is 1.66. The quantitative estimate of drug-likeness (QED) is 0.467. The Morgan fingerprint density at radius 3 is 2.61 bits per heavy atom. The van der Waals surface area contributed by atoms with E-state index in [1.165, 1.54) is 9.75 Å². The number of hydrogen-bond donors (Lipinski definition) is 2.